The lowest BCUT2D eigenvalue weighted by Gasteiger charge is -2.34. The molecule has 7 heteroatoms. The SMILES string of the molecule is Cc1cccc(N2CC(C(=O)NC3(C(=O)O)CCSCC3)CC2=O)c1C. The van der Waals surface area contributed by atoms with E-state index in [1.54, 1.807) is 16.7 Å². The van der Waals surface area contributed by atoms with E-state index in [4.69, 9.17) is 0 Å². The molecule has 2 fully saturated rings. The third-order valence-electron chi connectivity index (χ3n) is 5.48. The van der Waals surface area contributed by atoms with E-state index in [1.165, 1.54) is 0 Å². The molecular weight excluding hydrogens is 352 g/mol. The Morgan fingerprint density at radius 3 is 2.62 bits per heavy atom. The van der Waals surface area contributed by atoms with Crippen molar-refractivity contribution in [2.45, 2.75) is 38.6 Å². The smallest absolute Gasteiger partial charge is 0.329 e. The van der Waals surface area contributed by atoms with Crippen LogP contribution in [0.3, 0.4) is 0 Å². The number of aliphatic carboxylic acids is 1. The van der Waals surface area contributed by atoms with Crippen LogP contribution in [0.4, 0.5) is 5.69 Å². The van der Waals surface area contributed by atoms with E-state index in [0.29, 0.717) is 30.9 Å². The van der Waals surface area contributed by atoms with Gasteiger partial charge in [-0.05, 0) is 55.4 Å². The summed E-state index contributed by atoms with van der Waals surface area (Å²) >= 11 is 1.70. The summed E-state index contributed by atoms with van der Waals surface area (Å²) in [5.41, 5.74) is 1.74. The molecule has 1 aromatic rings. The molecule has 0 aromatic heterocycles. The Kier molecular flexibility index (Phi) is 5.27. The van der Waals surface area contributed by atoms with Crippen molar-refractivity contribution >= 4 is 35.2 Å². The predicted molar refractivity (Wildman–Crippen MR) is 101 cm³/mol. The first-order valence-corrected chi connectivity index (χ1v) is 9.99. The molecule has 140 valence electrons. The van der Waals surface area contributed by atoms with Crippen LogP contribution in [0, 0.1) is 19.8 Å². The van der Waals surface area contributed by atoms with Gasteiger partial charge in [0.1, 0.15) is 5.54 Å². The number of carboxylic acids is 1. The minimum Gasteiger partial charge on any atom is -0.480 e. The minimum atomic E-state index is -1.20. The molecule has 0 spiro atoms. The van der Waals surface area contributed by atoms with Crippen LogP contribution in [0.25, 0.3) is 0 Å². The van der Waals surface area contributed by atoms with Crippen molar-refractivity contribution < 1.29 is 19.5 Å². The van der Waals surface area contributed by atoms with E-state index in [1.807, 2.05) is 32.0 Å². The van der Waals surface area contributed by atoms with Gasteiger partial charge in [-0.3, -0.25) is 9.59 Å². The van der Waals surface area contributed by atoms with Gasteiger partial charge in [-0.25, -0.2) is 4.79 Å². The van der Waals surface area contributed by atoms with Crippen molar-refractivity contribution in [2.24, 2.45) is 5.92 Å². The van der Waals surface area contributed by atoms with Crippen LogP contribution in [-0.2, 0) is 14.4 Å². The van der Waals surface area contributed by atoms with Gasteiger partial charge in [0.15, 0.2) is 0 Å². The molecule has 1 atom stereocenters. The van der Waals surface area contributed by atoms with Gasteiger partial charge in [-0.2, -0.15) is 11.8 Å². The number of hydrogen-bond acceptors (Lipinski definition) is 4. The van der Waals surface area contributed by atoms with Crippen LogP contribution in [0.15, 0.2) is 18.2 Å². The Bertz CT molecular complexity index is 743. The molecule has 0 aliphatic carbocycles. The molecule has 6 nitrogen and oxygen atoms in total. The average molecular weight is 376 g/mol. The van der Waals surface area contributed by atoms with Gasteiger partial charge in [0, 0.05) is 18.7 Å². The van der Waals surface area contributed by atoms with E-state index >= 15 is 0 Å². The summed E-state index contributed by atoms with van der Waals surface area (Å²) in [7, 11) is 0. The summed E-state index contributed by atoms with van der Waals surface area (Å²) in [4.78, 5) is 38.6. The molecule has 2 N–H and O–H groups in total. The standard InChI is InChI=1S/C19H24N2O4S/c1-12-4-3-5-15(13(12)2)21-11-14(10-16(21)22)17(23)20-19(18(24)25)6-8-26-9-7-19/h3-5,14H,6-11H2,1-2H3,(H,20,23)(H,24,25). The number of anilines is 1. The van der Waals surface area contributed by atoms with E-state index in [-0.39, 0.29) is 18.2 Å². The topological polar surface area (TPSA) is 86.7 Å². The third kappa shape index (κ3) is 3.45. The highest BCUT2D eigenvalue weighted by Gasteiger charge is 2.44. The minimum absolute atomic E-state index is 0.0950. The van der Waals surface area contributed by atoms with Crippen molar-refractivity contribution in [2.75, 3.05) is 23.0 Å². The van der Waals surface area contributed by atoms with E-state index in [9.17, 15) is 19.5 Å². The summed E-state index contributed by atoms with van der Waals surface area (Å²) < 4.78 is 0. The Hall–Kier alpha value is -2.02. The summed E-state index contributed by atoms with van der Waals surface area (Å²) in [6, 6.07) is 5.77. The van der Waals surface area contributed by atoms with Crippen molar-refractivity contribution in [3.63, 3.8) is 0 Å². The Balaban J connectivity index is 1.74. The Morgan fingerprint density at radius 1 is 1.27 bits per heavy atom. The first kappa shape index (κ1) is 18.8. The highest BCUT2D eigenvalue weighted by molar-refractivity contribution is 7.99. The van der Waals surface area contributed by atoms with Gasteiger partial charge < -0.3 is 15.3 Å². The zero-order valence-corrected chi connectivity index (χ0v) is 15.9. The van der Waals surface area contributed by atoms with Crippen LogP contribution in [0.5, 0.6) is 0 Å². The number of nitrogens with zero attached hydrogens (tertiary/aromatic N) is 1. The number of rotatable bonds is 4. The lowest BCUT2D eigenvalue weighted by atomic mass is 9.91. The fourth-order valence-corrected chi connectivity index (χ4v) is 4.78. The van der Waals surface area contributed by atoms with Crippen molar-refractivity contribution in [3.8, 4) is 0 Å². The number of carbonyl (C=O) groups is 3. The molecule has 0 saturated carbocycles. The van der Waals surface area contributed by atoms with Gasteiger partial charge in [0.05, 0.1) is 5.92 Å². The quantitative estimate of drug-likeness (QED) is 0.841. The van der Waals surface area contributed by atoms with Crippen molar-refractivity contribution in [1.82, 2.24) is 5.32 Å². The summed E-state index contributed by atoms with van der Waals surface area (Å²) in [6.07, 6.45) is 0.948. The number of carboxylic acid groups (broad SMARTS) is 1. The lowest BCUT2D eigenvalue weighted by molar-refractivity contribution is -0.148. The average Bonchev–Trinajstić information content (AvgIpc) is 3.00. The maximum absolute atomic E-state index is 12.7. The zero-order valence-electron chi connectivity index (χ0n) is 15.1. The summed E-state index contributed by atoms with van der Waals surface area (Å²) in [5, 5.41) is 12.4. The molecular formula is C19H24N2O4S. The highest BCUT2D eigenvalue weighted by atomic mass is 32.2. The van der Waals surface area contributed by atoms with E-state index < -0.39 is 17.4 Å². The number of carbonyl (C=O) groups excluding carboxylic acids is 2. The monoisotopic (exact) mass is 376 g/mol. The molecule has 1 unspecified atom stereocenters. The van der Waals surface area contributed by atoms with Gasteiger partial charge in [0.25, 0.3) is 0 Å². The first-order chi connectivity index (χ1) is 12.3. The van der Waals surface area contributed by atoms with Crippen LogP contribution in [0.2, 0.25) is 0 Å². The van der Waals surface area contributed by atoms with Gasteiger partial charge in [0.2, 0.25) is 11.8 Å². The largest absolute Gasteiger partial charge is 0.480 e. The van der Waals surface area contributed by atoms with Crippen LogP contribution < -0.4 is 10.2 Å². The van der Waals surface area contributed by atoms with Crippen LogP contribution >= 0.6 is 11.8 Å². The molecule has 2 amide bonds. The van der Waals surface area contributed by atoms with Gasteiger partial charge >= 0.3 is 5.97 Å². The number of aryl methyl sites for hydroxylation is 1. The molecule has 2 heterocycles. The van der Waals surface area contributed by atoms with Crippen molar-refractivity contribution in [1.29, 1.82) is 0 Å². The maximum Gasteiger partial charge on any atom is 0.329 e. The molecule has 2 aliphatic heterocycles. The second kappa shape index (κ2) is 7.31. The molecule has 26 heavy (non-hydrogen) atoms. The molecule has 3 rings (SSSR count). The second-order valence-corrected chi connectivity index (χ2v) is 8.34. The summed E-state index contributed by atoms with van der Waals surface area (Å²) in [5.74, 6) is -0.506. The molecule has 2 aliphatic rings. The second-order valence-electron chi connectivity index (χ2n) is 7.11. The van der Waals surface area contributed by atoms with E-state index in [0.717, 1.165) is 16.8 Å². The predicted octanol–water partition coefficient (Wildman–Crippen LogP) is 2.12. The fraction of sp³-hybridized carbons (Fsp3) is 0.526. The fourth-order valence-electron chi connectivity index (χ4n) is 3.59. The Morgan fingerprint density at radius 2 is 1.96 bits per heavy atom. The number of benzene rings is 1. The number of amides is 2. The highest BCUT2D eigenvalue weighted by Crippen LogP contribution is 2.31. The normalized spacial score (nSPS) is 22.3. The number of hydrogen-bond donors (Lipinski definition) is 2. The maximum atomic E-state index is 12.7. The molecule has 1 aromatic carbocycles. The van der Waals surface area contributed by atoms with Crippen LogP contribution in [0.1, 0.15) is 30.4 Å². The molecule has 0 radical (unpaired) electrons. The zero-order chi connectivity index (χ0) is 18.9. The number of thioether (sulfide) groups is 1. The summed E-state index contributed by atoms with van der Waals surface area (Å²) in [6.45, 7) is 4.24. The van der Waals surface area contributed by atoms with Crippen LogP contribution in [-0.4, -0.2) is 46.5 Å². The third-order valence-corrected chi connectivity index (χ3v) is 6.47. The number of nitrogens with one attached hydrogen (secondary N) is 1. The van der Waals surface area contributed by atoms with Gasteiger partial charge in [-0.15, -0.1) is 0 Å². The first-order valence-electron chi connectivity index (χ1n) is 8.84. The lowest BCUT2D eigenvalue weighted by Crippen LogP contribution is -2.58. The van der Waals surface area contributed by atoms with E-state index in [2.05, 4.69) is 5.32 Å². The molecule has 0 bridgehead atoms. The molecule has 2 saturated heterocycles. The Labute approximate surface area is 157 Å². The van der Waals surface area contributed by atoms with Crippen molar-refractivity contribution in [3.05, 3.63) is 29.3 Å². The van der Waals surface area contributed by atoms with Gasteiger partial charge in [-0.1, -0.05) is 12.1 Å².